The Morgan fingerprint density at radius 3 is 2.61 bits per heavy atom. The summed E-state index contributed by atoms with van der Waals surface area (Å²) < 4.78 is 5.81. The normalized spacial score (nSPS) is 14.2. The SMILES string of the molecule is Cc1cccc(N2CCN(C(=O)CCc3ncc(-c4ccc(Cl)cc4Cl)o3)CC2)c1C. The van der Waals surface area contributed by atoms with Crippen LogP contribution in [0.1, 0.15) is 23.4 Å². The molecule has 2 aromatic carbocycles. The number of nitrogens with zero attached hydrogens (tertiary/aromatic N) is 3. The lowest BCUT2D eigenvalue weighted by Gasteiger charge is -2.37. The molecule has 0 bridgehead atoms. The first-order chi connectivity index (χ1) is 14.9. The van der Waals surface area contributed by atoms with E-state index >= 15 is 0 Å². The van der Waals surface area contributed by atoms with Gasteiger partial charge in [-0.15, -0.1) is 0 Å². The molecule has 1 fully saturated rings. The standard InChI is InChI=1S/C24H25Cl2N3O2/c1-16-4-3-5-21(17(16)2)28-10-12-29(13-11-28)24(30)9-8-23-27-15-22(31-23)19-7-6-18(25)14-20(19)26/h3-7,14-15H,8-13H2,1-2H3. The van der Waals surface area contributed by atoms with Crippen molar-refractivity contribution in [3.8, 4) is 11.3 Å². The molecule has 31 heavy (non-hydrogen) atoms. The lowest BCUT2D eigenvalue weighted by Crippen LogP contribution is -2.49. The fraction of sp³-hybridized carbons (Fsp3) is 0.333. The van der Waals surface area contributed by atoms with Gasteiger partial charge in [0.25, 0.3) is 0 Å². The number of hydrogen-bond acceptors (Lipinski definition) is 4. The number of aryl methyl sites for hydroxylation is 2. The van der Waals surface area contributed by atoms with E-state index in [1.807, 2.05) is 4.90 Å². The molecule has 162 valence electrons. The number of amides is 1. The molecule has 3 aromatic rings. The second kappa shape index (κ2) is 9.33. The molecule has 0 N–H and O–H groups in total. The summed E-state index contributed by atoms with van der Waals surface area (Å²) in [6.45, 7) is 7.42. The van der Waals surface area contributed by atoms with Crippen LogP contribution in [0.3, 0.4) is 0 Å². The minimum Gasteiger partial charge on any atom is -0.441 e. The lowest BCUT2D eigenvalue weighted by atomic mass is 10.1. The summed E-state index contributed by atoms with van der Waals surface area (Å²) in [4.78, 5) is 21.3. The van der Waals surface area contributed by atoms with Crippen molar-refractivity contribution in [3.63, 3.8) is 0 Å². The highest BCUT2D eigenvalue weighted by Gasteiger charge is 2.22. The Bertz CT molecular complexity index is 1090. The topological polar surface area (TPSA) is 49.6 Å². The second-order valence-corrected chi connectivity index (χ2v) is 8.67. The van der Waals surface area contributed by atoms with Crippen LogP contribution in [0, 0.1) is 13.8 Å². The van der Waals surface area contributed by atoms with Crippen molar-refractivity contribution < 1.29 is 9.21 Å². The smallest absolute Gasteiger partial charge is 0.223 e. The molecule has 1 aliphatic rings. The zero-order valence-electron chi connectivity index (χ0n) is 17.7. The summed E-state index contributed by atoms with van der Waals surface area (Å²) in [7, 11) is 0. The number of rotatable bonds is 5. The Morgan fingerprint density at radius 2 is 1.87 bits per heavy atom. The number of carbonyl (C=O) groups excluding carboxylic acids is 1. The molecule has 2 heterocycles. The summed E-state index contributed by atoms with van der Waals surface area (Å²) in [6, 6.07) is 11.6. The molecule has 1 saturated heterocycles. The third kappa shape index (κ3) is 4.89. The van der Waals surface area contributed by atoms with Crippen LogP contribution in [0.5, 0.6) is 0 Å². The number of anilines is 1. The maximum Gasteiger partial charge on any atom is 0.223 e. The first-order valence-electron chi connectivity index (χ1n) is 10.4. The summed E-state index contributed by atoms with van der Waals surface area (Å²) in [5.74, 6) is 1.24. The second-order valence-electron chi connectivity index (χ2n) is 7.83. The van der Waals surface area contributed by atoms with E-state index in [0.29, 0.717) is 34.5 Å². The highest BCUT2D eigenvalue weighted by atomic mass is 35.5. The lowest BCUT2D eigenvalue weighted by molar-refractivity contribution is -0.131. The first-order valence-corrected chi connectivity index (χ1v) is 11.2. The van der Waals surface area contributed by atoms with E-state index in [0.717, 1.165) is 31.7 Å². The molecular formula is C24H25Cl2N3O2. The summed E-state index contributed by atoms with van der Waals surface area (Å²) in [6.07, 6.45) is 2.47. The first kappa shape index (κ1) is 21.7. The van der Waals surface area contributed by atoms with E-state index in [1.165, 1.54) is 16.8 Å². The predicted molar refractivity (Wildman–Crippen MR) is 125 cm³/mol. The van der Waals surface area contributed by atoms with Crippen LogP contribution in [0.2, 0.25) is 10.0 Å². The molecule has 5 nitrogen and oxygen atoms in total. The maximum atomic E-state index is 12.7. The van der Waals surface area contributed by atoms with Crippen LogP contribution in [0.25, 0.3) is 11.3 Å². The van der Waals surface area contributed by atoms with Gasteiger partial charge < -0.3 is 14.2 Å². The minimum absolute atomic E-state index is 0.130. The van der Waals surface area contributed by atoms with Gasteiger partial charge in [-0.05, 0) is 49.2 Å². The molecule has 0 radical (unpaired) electrons. The largest absolute Gasteiger partial charge is 0.441 e. The van der Waals surface area contributed by atoms with Crippen molar-refractivity contribution in [2.24, 2.45) is 0 Å². The van der Waals surface area contributed by atoms with Gasteiger partial charge >= 0.3 is 0 Å². The van der Waals surface area contributed by atoms with Crippen molar-refractivity contribution in [2.45, 2.75) is 26.7 Å². The Hall–Kier alpha value is -2.50. The van der Waals surface area contributed by atoms with E-state index < -0.39 is 0 Å². The van der Waals surface area contributed by atoms with Crippen LogP contribution < -0.4 is 4.90 Å². The van der Waals surface area contributed by atoms with Crippen LogP contribution in [-0.4, -0.2) is 42.0 Å². The number of halogens is 2. The molecule has 0 spiro atoms. The number of hydrogen-bond donors (Lipinski definition) is 0. The van der Waals surface area contributed by atoms with E-state index in [2.05, 4.69) is 41.9 Å². The third-order valence-corrected chi connectivity index (χ3v) is 6.40. The quantitative estimate of drug-likeness (QED) is 0.503. The van der Waals surface area contributed by atoms with E-state index in [1.54, 1.807) is 24.4 Å². The molecule has 0 atom stereocenters. The number of oxazole rings is 1. The van der Waals surface area contributed by atoms with E-state index in [-0.39, 0.29) is 5.91 Å². The molecule has 0 aliphatic carbocycles. The Labute approximate surface area is 192 Å². The molecular weight excluding hydrogens is 433 g/mol. The molecule has 1 aliphatic heterocycles. The van der Waals surface area contributed by atoms with E-state index in [4.69, 9.17) is 27.6 Å². The zero-order chi connectivity index (χ0) is 22.0. The van der Waals surface area contributed by atoms with Crippen LogP contribution in [-0.2, 0) is 11.2 Å². The van der Waals surface area contributed by atoms with Gasteiger partial charge in [0.05, 0.1) is 11.2 Å². The Morgan fingerprint density at radius 1 is 1.10 bits per heavy atom. The van der Waals surface area contributed by atoms with Crippen molar-refractivity contribution in [2.75, 3.05) is 31.1 Å². The van der Waals surface area contributed by atoms with Crippen molar-refractivity contribution in [1.82, 2.24) is 9.88 Å². The molecule has 1 aromatic heterocycles. The zero-order valence-corrected chi connectivity index (χ0v) is 19.2. The number of benzene rings is 2. The van der Waals surface area contributed by atoms with Gasteiger partial charge in [0.2, 0.25) is 5.91 Å². The van der Waals surface area contributed by atoms with E-state index in [9.17, 15) is 4.79 Å². The molecule has 1 amide bonds. The van der Waals surface area contributed by atoms with Gasteiger partial charge in [0.15, 0.2) is 11.7 Å². The van der Waals surface area contributed by atoms with Crippen LogP contribution in [0.15, 0.2) is 47.0 Å². The van der Waals surface area contributed by atoms with Gasteiger partial charge in [-0.1, -0.05) is 35.3 Å². The highest BCUT2D eigenvalue weighted by molar-refractivity contribution is 6.36. The number of aromatic nitrogens is 1. The van der Waals surface area contributed by atoms with Gasteiger partial charge in [-0.2, -0.15) is 0 Å². The van der Waals surface area contributed by atoms with Crippen LogP contribution >= 0.6 is 23.2 Å². The van der Waals surface area contributed by atoms with Gasteiger partial charge in [0.1, 0.15) is 0 Å². The molecule has 7 heteroatoms. The summed E-state index contributed by atoms with van der Waals surface area (Å²) in [5, 5.41) is 1.07. The van der Waals surface area contributed by atoms with Gasteiger partial charge in [0, 0.05) is 55.3 Å². The van der Waals surface area contributed by atoms with Crippen molar-refractivity contribution >= 4 is 34.8 Å². The number of piperazine rings is 1. The van der Waals surface area contributed by atoms with Crippen LogP contribution in [0.4, 0.5) is 5.69 Å². The molecule has 4 rings (SSSR count). The third-order valence-electron chi connectivity index (χ3n) is 5.85. The average molecular weight is 458 g/mol. The maximum absolute atomic E-state index is 12.7. The molecule has 0 saturated carbocycles. The average Bonchev–Trinajstić information content (AvgIpc) is 3.23. The Balaban J connectivity index is 1.31. The van der Waals surface area contributed by atoms with Crippen molar-refractivity contribution in [1.29, 1.82) is 0 Å². The highest BCUT2D eigenvalue weighted by Crippen LogP contribution is 2.31. The Kier molecular flexibility index (Phi) is 6.54. The monoisotopic (exact) mass is 457 g/mol. The van der Waals surface area contributed by atoms with Crippen molar-refractivity contribution in [3.05, 3.63) is 69.7 Å². The fourth-order valence-corrected chi connectivity index (χ4v) is 4.39. The summed E-state index contributed by atoms with van der Waals surface area (Å²) in [5.41, 5.74) is 4.60. The van der Waals surface area contributed by atoms with Gasteiger partial charge in [-0.25, -0.2) is 4.98 Å². The number of carbonyl (C=O) groups is 1. The fourth-order valence-electron chi connectivity index (χ4n) is 3.89. The summed E-state index contributed by atoms with van der Waals surface area (Å²) >= 11 is 12.2. The minimum atomic E-state index is 0.130. The predicted octanol–water partition coefficient (Wildman–Crippen LogP) is 5.55. The van der Waals surface area contributed by atoms with Gasteiger partial charge in [-0.3, -0.25) is 4.79 Å². The molecule has 0 unspecified atom stereocenters.